The number of aromatic amines is 1. The first kappa shape index (κ1) is 15.7. The summed E-state index contributed by atoms with van der Waals surface area (Å²) in [6.45, 7) is 5.83. The average Bonchev–Trinajstić information content (AvgIpc) is 3.01. The molecule has 5 nitrogen and oxygen atoms in total. The molecule has 1 aliphatic rings. The van der Waals surface area contributed by atoms with Gasteiger partial charge in [-0.3, -0.25) is 9.89 Å². The number of fused-ring (bicyclic) bond motifs is 1. The predicted octanol–water partition coefficient (Wildman–Crippen LogP) is 1.98. The molecule has 0 saturated heterocycles. The van der Waals surface area contributed by atoms with Gasteiger partial charge in [-0.2, -0.15) is 5.10 Å². The molecule has 1 aliphatic carbocycles. The van der Waals surface area contributed by atoms with Gasteiger partial charge >= 0.3 is 0 Å². The Bertz CT molecular complexity index is 703. The maximum absolute atomic E-state index is 12.6. The minimum atomic E-state index is -0.555. The minimum Gasteiger partial charge on any atom is -0.390 e. The summed E-state index contributed by atoms with van der Waals surface area (Å²) in [5, 5.41) is 20.4. The largest absolute Gasteiger partial charge is 0.390 e. The van der Waals surface area contributed by atoms with Crippen LogP contribution in [-0.2, 0) is 17.6 Å². The summed E-state index contributed by atoms with van der Waals surface area (Å²) in [5.41, 5.74) is 5.18. The zero-order valence-electron chi connectivity index (χ0n) is 13.8. The number of carbonyl (C=O) groups excluding carboxylic acids is 1. The number of amides is 1. The highest BCUT2D eigenvalue weighted by molar-refractivity contribution is 5.79. The summed E-state index contributed by atoms with van der Waals surface area (Å²) in [5.74, 6) is -0.212. The topological polar surface area (TPSA) is 78.0 Å². The molecule has 0 fully saturated rings. The smallest absolute Gasteiger partial charge is 0.223 e. The first-order valence-electron chi connectivity index (χ1n) is 8.04. The first-order chi connectivity index (χ1) is 11.0. The Morgan fingerprint density at radius 2 is 2.17 bits per heavy atom. The van der Waals surface area contributed by atoms with E-state index in [2.05, 4.69) is 15.5 Å². The van der Waals surface area contributed by atoms with Crippen LogP contribution in [0.5, 0.6) is 0 Å². The number of aromatic nitrogens is 2. The second kappa shape index (κ2) is 6.16. The first-order valence-corrected chi connectivity index (χ1v) is 8.04. The summed E-state index contributed by atoms with van der Waals surface area (Å²) < 4.78 is 0. The van der Waals surface area contributed by atoms with Crippen molar-refractivity contribution in [3.8, 4) is 0 Å². The number of hydrogen-bond acceptors (Lipinski definition) is 3. The van der Waals surface area contributed by atoms with Gasteiger partial charge in [0.1, 0.15) is 0 Å². The van der Waals surface area contributed by atoms with E-state index in [1.807, 2.05) is 45.0 Å². The molecule has 1 heterocycles. The maximum atomic E-state index is 12.6. The van der Waals surface area contributed by atoms with Gasteiger partial charge in [0.15, 0.2) is 0 Å². The van der Waals surface area contributed by atoms with Crippen LogP contribution < -0.4 is 5.32 Å². The Labute approximate surface area is 136 Å². The van der Waals surface area contributed by atoms with Gasteiger partial charge in [0, 0.05) is 18.0 Å². The molecule has 5 heteroatoms. The second-order valence-corrected chi connectivity index (χ2v) is 6.47. The molecule has 23 heavy (non-hydrogen) atoms. The average molecular weight is 313 g/mol. The van der Waals surface area contributed by atoms with Crippen molar-refractivity contribution in [1.82, 2.24) is 15.5 Å². The molecule has 2 aromatic rings. The second-order valence-electron chi connectivity index (χ2n) is 6.47. The fourth-order valence-corrected chi connectivity index (χ4v) is 3.32. The molecule has 0 spiro atoms. The van der Waals surface area contributed by atoms with Gasteiger partial charge in [-0.25, -0.2) is 0 Å². The highest BCUT2D eigenvalue weighted by atomic mass is 16.3. The number of aliphatic hydroxyl groups excluding tert-OH is 1. The van der Waals surface area contributed by atoms with Crippen molar-refractivity contribution < 1.29 is 9.90 Å². The fraction of sp³-hybridized carbons (Fsp3) is 0.444. The summed E-state index contributed by atoms with van der Waals surface area (Å²) in [7, 11) is 0. The highest BCUT2D eigenvalue weighted by Gasteiger charge is 2.32. The lowest BCUT2D eigenvalue weighted by Crippen LogP contribution is -2.37. The van der Waals surface area contributed by atoms with Crippen LogP contribution in [0.4, 0.5) is 0 Å². The SMILES string of the molecule is Cc1n[nH]c(C)c1CC(C)C(=O)N[C@@H]1c2ccccc2C[C@@H]1O. The molecule has 3 N–H and O–H groups in total. The minimum absolute atomic E-state index is 0.0363. The van der Waals surface area contributed by atoms with Gasteiger partial charge < -0.3 is 10.4 Å². The van der Waals surface area contributed by atoms with E-state index in [4.69, 9.17) is 0 Å². The van der Waals surface area contributed by atoms with Gasteiger partial charge in [-0.15, -0.1) is 0 Å². The molecule has 3 atom stereocenters. The third-order valence-electron chi connectivity index (χ3n) is 4.74. The summed E-state index contributed by atoms with van der Waals surface area (Å²) in [4.78, 5) is 12.6. The number of rotatable bonds is 4. The molecular formula is C18H23N3O2. The monoisotopic (exact) mass is 313 g/mol. The van der Waals surface area contributed by atoms with E-state index in [1.54, 1.807) is 0 Å². The van der Waals surface area contributed by atoms with Crippen molar-refractivity contribution in [2.75, 3.05) is 0 Å². The Morgan fingerprint density at radius 3 is 2.87 bits per heavy atom. The quantitative estimate of drug-likeness (QED) is 0.807. The molecular weight excluding hydrogens is 290 g/mol. The number of aliphatic hydroxyl groups is 1. The fourth-order valence-electron chi connectivity index (χ4n) is 3.32. The molecule has 1 unspecified atom stereocenters. The van der Waals surface area contributed by atoms with Crippen LogP contribution in [-0.4, -0.2) is 27.3 Å². The third kappa shape index (κ3) is 3.01. The van der Waals surface area contributed by atoms with Gasteiger partial charge in [-0.05, 0) is 37.0 Å². The molecule has 3 rings (SSSR count). The van der Waals surface area contributed by atoms with E-state index in [9.17, 15) is 9.90 Å². The van der Waals surface area contributed by atoms with E-state index in [-0.39, 0.29) is 17.9 Å². The Kier molecular flexibility index (Phi) is 4.22. The summed E-state index contributed by atoms with van der Waals surface area (Å²) in [6.07, 6.45) is 0.681. The standard InChI is InChI=1S/C18H23N3O2/c1-10(8-15-11(2)20-21-12(15)3)18(23)19-17-14-7-5-4-6-13(14)9-16(17)22/h4-7,10,16-17,22H,8-9H2,1-3H3,(H,19,23)(H,20,21)/t10?,16-,17+/m0/s1. The van der Waals surface area contributed by atoms with Crippen LogP contribution in [0.3, 0.4) is 0 Å². The van der Waals surface area contributed by atoms with Crippen molar-refractivity contribution in [3.63, 3.8) is 0 Å². The molecule has 0 aliphatic heterocycles. The zero-order valence-corrected chi connectivity index (χ0v) is 13.8. The Morgan fingerprint density at radius 1 is 1.43 bits per heavy atom. The summed E-state index contributed by atoms with van der Waals surface area (Å²) >= 11 is 0. The normalized spacial score (nSPS) is 21.0. The van der Waals surface area contributed by atoms with E-state index >= 15 is 0 Å². The number of nitrogens with one attached hydrogen (secondary N) is 2. The van der Waals surface area contributed by atoms with E-state index < -0.39 is 6.10 Å². The molecule has 1 aromatic heterocycles. The molecule has 0 radical (unpaired) electrons. The number of hydrogen-bond donors (Lipinski definition) is 3. The van der Waals surface area contributed by atoms with E-state index in [1.165, 1.54) is 0 Å². The van der Waals surface area contributed by atoms with Crippen molar-refractivity contribution in [3.05, 3.63) is 52.3 Å². The van der Waals surface area contributed by atoms with Crippen LogP contribution >= 0.6 is 0 Å². The molecule has 1 aromatic carbocycles. The van der Waals surface area contributed by atoms with Crippen LogP contribution in [0.25, 0.3) is 0 Å². The van der Waals surface area contributed by atoms with Crippen LogP contribution in [0.15, 0.2) is 24.3 Å². The predicted molar refractivity (Wildman–Crippen MR) is 88.0 cm³/mol. The number of aryl methyl sites for hydroxylation is 2. The van der Waals surface area contributed by atoms with Crippen LogP contribution in [0.1, 0.15) is 41.0 Å². The lowest BCUT2D eigenvalue weighted by Gasteiger charge is -2.21. The number of benzene rings is 1. The van der Waals surface area contributed by atoms with Gasteiger partial charge in [-0.1, -0.05) is 31.2 Å². The van der Waals surface area contributed by atoms with Crippen molar-refractivity contribution >= 4 is 5.91 Å². The molecule has 0 bridgehead atoms. The Hall–Kier alpha value is -2.14. The molecule has 0 saturated carbocycles. The molecule has 122 valence electrons. The van der Waals surface area contributed by atoms with Gasteiger partial charge in [0.25, 0.3) is 0 Å². The van der Waals surface area contributed by atoms with E-state index in [0.29, 0.717) is 12.8 Å². The Balaban J connectivity index is 1.70. The lowest BCUT2D eigenvalue weighted by atomic mass is 9.98. The van der Waals surface area contributed by atoms with Crippen molar-refractivity contribution in [1.29, 1.82) is 0 Å². The van der Waals surface area contributed by atoms with Crippen LogP contribution in [0.2, 0.25) is 0 Å². The third-order valence-corrected chi connectivity index (χ3v) is 4.74. The zero-order chi connectivity index (χ0) is 16.6. The number of carbonyl (C=O) groups is 1. The molecule has 1 amide bonds. The lowest BCUT2D eigenvalue weighted by molar-refractivity contribution is -0.126. The van der Waals surface area contributed by atoms with Gasteiger partial charge in [0.2, 0.25) is 5.91 Å². The summed E-state index contributed by atoms with van der Waals surface area (Å²) in [6, 6.07) is 7.57. The number of nitrogens with zero attached hydrogens (tertiary/aromatic N) is 1. The van der Waals surface area contributed by atoms with Gasteiger partial charge in [0.05, 0.1) is 17.8 Å². The van der Waals surface area contributed by atoms with Crippen LogP contribution in [0, 0.1) is 19.8 Å². The van der Waals surface area contributed by atoms with Crippen molar-refractivity contribution in [2.45, 2.75) is 45.8 Å². The highest BCUT2D eigenvalue weighted by Crippen LogP contribution is 2.31. The number of H-pyrrole nitrogens is 1. The maximum Gasteiger partial charge on any atom is 0.223 e. The van der Waals surface area contributed by atoms with E-state index in [0.717, 1.165) is 28.1 Å². The van der Waals surface area contributed by atoms with Crippen molar-refractivity contribution in [2.24, 2.45) is 5.92 Å².